The van der Waals surface area contributed by atoms with Crippen molar-refractivity contribution in [1.82, 2.24) is 9.13 Å². The van der Waals surface area contributed by atoms with Gasteiger partial charge in [0.2, 0.25) is 0 Å². The van der Waals surface area contributed by atoms with E-state index >= 15 is 0 Å². The third kappa shape index (κ3) is 4.82. The van der Waals surface area contributed by atoms with Crippen molar-refractivity contribution >= 4 is 66.0 Å². The predicted octanol–water partition coefficient (Wildman–Crippen LogP) is 16.6. The molecule has 2 aromatic heterocycles. The predicted molar refractivity (Wildman–Crippen MR) is 280 cm³/mol. The summed E-state index contributed by atoms with van der Waals surface area (Å²) >= 11 is 0. The summed E-state index contributed by atoms with van der Waals surface area (Å²) in [6.07, 6.45) is 7.32. The van der Waals surface area contributed by atoms with Crippen LogP contribution in [0.15, 0.2) is 145 Å². The van der Waals surface area contributed by atoms with Gasteiger partial charge in [0.1, 0.15) is 0 Å². The van der Waals surface area contributed by atoms with Crippen molar-refractivity contribution in [3.05, 3.63) is 206 Å². The SMILES string of the molecule is CC1=Cc2c(n(C3=CC4C(c5ccccc53)c3ccc5c6c(ccc5c3C4(C)C)-c3c(cc(-n4c5ccc(C)cc5c5cc(C)ccc54)c4ccccc34)C6(C)C)c3ccc(C)cc23)CC1. The number of hydrogen-bond acceptors (Lipinski definition) is 0. The first-order valence-electron chi connectivity index (χ1n) is 24.2. The van der Waals surface area contributed by atoms with E-state index in [0.29, 0.717) is 5.92 Å². The standard InChI is InChI=1S/C64H54N2/c1-35-17-25-53-47(29-35)48-30-36(2)18-26-54(48)65(53)57-33-51-59(41-15-11-9-13-39(41)57)45-23-21-44-43(61(45)63(51,5)6)22-24-46-60-42-16-12-10-14-40(42)58(34-52(60)64(7,8)62(44)46)66-55-27-19-37(3)31-49(55)50-32-38(4)20-28-56(50)66/h9-19,21-27,29-34,52,60H,20,28H2,1-8H3. The van der Waals surface area contributed by atoms with Crippen LogP contribution in [0.3, 0.4) is 0 Å². The summed E-state index contributed by atoms with van der Waals surface area (Å²) in [6, 6.07) is 52.2. The first kappa shape index (κ1) is 38.4. The van der Waals surface area contributed by atoms with E-state index in [2.05, 4.69) is 210 Å². The number of nitrogens with zero attached hydrogens (tertiary/aromatic N) is 2. The van der Waals surface area contributed by atoms with Crippen molar-refractivity contribution in [1.29, 1.82) is 0 Å². The molecule has 0 N–H and O–H groups in total. The van der Waals surface area contributed by atoms with Crippen molar-refractivity contribution in [2.75, 3.05) is 0 Å². The Morgan fingerprint density at radius 2 is 1.12 bits per heavy atom. The molecule has 2 heteroatoms. The van der Waals surface area contributed by atoms with Crippen LogP contribution in [-0.2, 0) is 17.3 Å². The number of aryl methyl sites for hydroxylation is 3. The van der Waals surface area contributed by atoms with Crippen LogP contribution in [0, 0.1) is 26.7 Å². The summed E-state index contributed by atoms with van der Waals surface area (Å²) in [5.41, 5.74) is 25.8. The second kappa shape index (κ2) is 12.9. The first-order chi connectivity index (χ1) is 31.9. The van der Waals surface area contributed by atoms with Crippen LogP contribution in [0.5, 0.6) is 0 Å². The van der Waals surface area contributed by atoms with E-state index in [9.17, 15) is 0 Å². The molecule has 0 fully saturated rings. The Bertz CT molecular complexity index is 3870. The topological polar surface area (TPSA) is 9.86 Å². The molecule has 2 nitrogen and oxygen atoms in total. The van der Waals surface area contributed by atoms with Crippen LogP contribution in [-0.4, -0.2) is 9.13 Å². The molecule has 14 rings (SSSR count). The van der Waals surface area contributed by atoms with Gasteiger partial charge >= 0.3 is 0 Å². The van der Waals surface area contributed by atoms with E-state index in [1.54, 1.807) is 0 Å². The van der Waals surface area contributed by atoms with Crippen molar-refractivity contribution in [2.45, 2.75) is 85.0 Å². The Balaban J connectivity index is 0.978. The van der Waals surface area contributed by atoms with Gasteiger partial charge in [-0.3, -0.25) is 0 Å². The molecule has 8 aromatic carbocycles. The van der Waals surface area contributed by atoms with Crippen LogP contribution in [0.4, 0.5) is 0 Å². The highest BCUT2D eigenvalue weighted by Crippen LogP contribution is 2.62. The van der Waals surface area contributed by atoms with Crippen molar-refractivity contribution in [3.63, 3.8) is 0 Å². The summed E-state index contributed by atoms with van der Waals surface area (Å²) in [4.78, 5) is 0. The molecule has 0 spiro atoms. The zero-order valence-electron chi connectivity index (χ0n) is 39.3. The lowest BCUT2D eigenvalue weighted by molar-refractivity contribution is 0.390. The lowest BCUT2D eigenvalue weighted by Crippen LogP contribution is -2.28. The minimum atomic E-state index is -0.238. The average Bonchev–Trinajstić information content (AvgIpc) is 3.95. The number of allylic oxidation sites excluding steroid dienone is 2. The molecule has 2 heterocycles. The summed E-state index contributed by atoms with van der Waals surface area (Å²) in [5, 5.41) is 9.44. The molecular weight excluding hydrogens is 797 g/mol. The number of hydrogen-bond donors (Lipinski definition) is 0. The zero-order valence-corrected chi connectivity index (χ0v) is 39.3. The third-order valence-corrected chi connectivity index (χ3v) is 16.9. The van der Waals surface area contributed by atoms with Crippen LogP contribution >= 0.6 is 0 Å². The van der Waals surface area contributed by atoms with Crippen LogP contribution in [0.2, 0.25) is 0 Å². The Morgan fingerprint density at radius 1 is 0.500 bits per heavy atom. The molecule has 320 valence electrons. The van der Waals surface area contributed by atoms with Gasteiger partial charge in [0.15, 0.2) is 0 Å². The Hall–Kier alpha value is -6.90. The van der Waals surface area contributed by atoms with Crippen molar-refractivity contribution < 1.29 is 0 Å². The highest BCUT2D eigenvalue weighted by Gasteiger charge is 2.50. The van der Waals surface area contributed by atoms with E-state index in [4.69, 9.17) is 0 Å². The van der Waals surface area contributed by atoms with Gasteiger partial charge in [0, 0.05) is 55.4 Å². The zero-order chi connectivity index (χ0) is 44.7. The third-order valence-electron chi connectivity index (χ3n) is 16.9. The largest absolute Gasteiger partial charge is 0.313 e. The number of aromatic nitrogens is 2. The van der Waals surface area contributed by atoms with Gasteiger partial charge in [0.25, 0.3) is 0 Å². The highest BCUT2D eigenvalue weighted by atomic mass is 15.0. The summed E-state index contributed by atoms with van der Waals surface area (Å²) in [5.74, 6) is 0.580. The van der Waals surface area contributed by atoms with E-state index < -0.39 is 0 Å². The molecule has 0 aliphatic heterocycles. The molecule has 0 saturated heterocycles. The molecule has 0 amide bonds. The Kier molecular flexibility index (Phi) is 7.51. The van der Waals surface area contributed by atoms with Crippen LogP contribution in [0.25, 0.3) is 82.8 Å². The summed E-state index contributed by atoms with van der Waals surface area (Å²) in [7, 11) is 0. The fourth-order valence-electron chi connectivity index (χ4n) is 13.9. The van der Waals surface area contributed by atoms with Crippen LogP contribution < -0.4 is 0 Å². The molecule has 2 unspecified atom stereocenters. The summed E-state index contributed by atoms with van der Waals surface area (Å²) < 4.78 is 5.21. The monoisotopic (exact) mass is 850 g/mol. The average molecular weight is 851 g/mol. The van der Waals surface area contributed by atoms with Gasteiger partial charge in [-0.2, -0.15) is 0 Å². The van der Waals surface area contributed by atoms with E-state index in [1.165, 1.54) is 144 Å². The summed E-state index contributed by atoms with van der Waals surface area (Å²) in [6.45, 7) is 19.0. The Labute approximate surface area is 387 Å². The lowest BCUT2D eigenvalue weighted by Gasteiger charge is -2.36. The molecule has 0 bridgehead atoms. The maximum absolute atomic E-state index is 2.70. The number of benzene rings is 8. The van der Waals surface area contributed by atoms with E-state index in [-0.39, 0.29) is 16.7 Å². The molecular formula is C64H54N2. The minimum Gasteiger partial charge on any atom is -0.313 e. The second-order valence-electron chi connectivity index (χ2n) is 21.5. The fraction of sp³-hybridized carbons (Fsp3) is 0.219. The quantitative estimate of drug-likeness (QED) is 0.164. The van der Waals surface area contributed by atoms with Gasteiger partial charge in [-0.05, 0) is 149 Å². The molecule has 2 atom stereocenters. The van der Waals surface area contributed by atoms with E-state index in [0.717, 1.165) is 12.8 Å². The highest BCUT2D eigenvalue weighted by molar-refractivity contribution is 6.14. The van der Waals surface area contributed by atoms with E-state index in [1.807, 2.05) is 0 Å². The van der Waals surface area contributed by atoms with Gasteiger partial charge in [-0.15, -0.1) is 0 Å². The molecule has 0 saturated carbocycles. The molecule has 0 radical (unpaired) electrons. The maximum Gasteiger partial charge on any atom is 0.0544 e. The minimum absolute atomic E-state index is 0.120. The van der Waals surface area contributed by atoms with Gasteiger partial charge in [-0.1, -0.05) is 153 Å². The lowest BCUT2D eigenvalue weighted by atomic mass is 9.69. The number of fused-ring (bicyclic) bond motifs is 19. The second-order valence-corrected chi connectivity index (χ2v) is 21.5. The fourth-order valence-corrected chi connectivity index (χ4v) is 13.9. The maximum atomic E-state index is 2.70. The first-order valence-corrected chi connectivity index (χ1v) is 24.2. The van der Waals surface area contributed by atoms with Gasteiger partial charge in [-0.25, -0.2) is 0 Å². The Morgan fingerprint density at radius 3 is 1.85 bits per heavy atom. The smallest absolute Gasteiger partial charge is 0.0544 e. The van der Waals surface area contributed by atoms with Crippen molar-refractivity contribution in [3.8, 4) is 16.8 Å². The normalized spacial score (nSPS) is 18.6. The van der Waals surface area contributed by atoms with Crippen molar-refractivity contribution in [2.24, 2.45) is 5.92 Å². The number of rotatable bonds is 2. The molecule has 10 aromatic rings. The van der Waals surface area contributed by atoms with Crippen LogP contribution in [0.1, 0.15) is 108 Å². The van der Waals surface area contributed by atoms with Gasteiger partial charge in [0.05, 0.1) is 22.2 Å². The molecule has 66 heavy (non-hydrogen) atoms. The molecule has 4 aliphatic rings. The molecule has 4 aliphatic carbocycles. The van der Waals surface area contributed by atoms with Gasteiger partial charge < -0.3 is 9.13 Å².